The zero-order valence-corrected chi connectivity index (χ0v) is 17.7. The molecule has 0 bridgehead atoms. The van der Waals surface area contributed by atoms with Crippen LogP contribution in [-0.2, 0) is 12.8 Å². The van der Waals surface area contributed by atoms with Gasteiger partial charge >= 0.3 is 0 Å². The smallest absolute Gasteiger partial charge is 0.126 e. The molecule has 5 heteroatoms. The summed E-state index contributed by atoms with van der Waals surface area (Å²) in [4.78, 5) is 7.70. The van der Waals surface area contributed by atoms with Crippen LogP contribution in [0.3, 0.4) is 0 Å². The summed E-state index contributed by atoms with van der Waals surface area (Å²) in [7, 11) is 2.21. The lowest BCUT2D eigenvalue weighted by atomic mass is 9.89. The summed E-state index contributed by atoms with van der Waals surface area (Å²) in [5, 5.41) is 0. The minimum Gasteiger partial charge on any atom is -0.493 e. The van der Waals surface area contributed by atoms with E-state index >= 15 is 0 Å². The Kier molecular flexibility index (Phi) is 4.41. The first-order chi connectivity index (χ1) is 14.7. The molecular formula is C25H30FN3O. The molecule has 0 amide bonds. The Balaban J connectivity index is 1.15. The molecule has 1 saturated heterocycles. The van der Waals surface area contributed by atoms with Crippen LogP contribution >= 0.6 is 0 Å². The summed E-state index contributed by atoms with van der Waals surface area (Å²) in [6, 6.07) is 10.9. The van der Waals surface area contributed by atoms with Crippen LogP contribution in [0, 0.1) is 5.82 Å². The number of benzene rings is 2. The predicted octanol–water partition coefficient (Wildman–Crippen LogP) is 3.82. The largest absolute Gasteiger partial charge is 0.493 e. The highest BCUT2D eigenvalue weighted by Crippen LogP contribution is 2.50. The number of para-hydroxylation sites is 1. The van der Waals surface area contributed by atoms with E-state index in [1.54, 1.807) is 12.1 Å². The number of likely N-dealkylation sites (tertiary alicyclic amines) is 1. The molecule has 30 heavy (non-hydrogen) atoms. The van der Waals surface area contributed by atoms with Crippen molar-refractivity contribution in [2.75, 3.05) is 56.2 Å². The van der Waals surface area contributed by atoms with Gasteiger partial charge in [-0.25, -0.2) is 4.39 Å². The average Bonchev–Trinajstić information content (AvgIpc) is 3.36. The van der Waals surface area contributed by atoms with Crippen molar-refractivity contribution in [3.63, 3.8) is 0 Å². The van der Waals surface area contributed by atoms with E-state index in [2.05, 4.69) is 39.9 Å². The molecule has 0 unspecified atom stereocenters. The quantitative estimate of drug-likeness (QED) is 0.767. The summed E-state index contributed by atoms with van der Waals surface area (Å²) in [6.45, 7) is 6.26. The van der Waals surface area contributed by atoms with E-state index in [0.29, 0.717) is 18.6 Å². The van der Waals surface area contributed by atoms with Gasteiger partial charge in [-0.3, -0.25) is 0 Å². The van der Waals surface area contributed by atoms with Gasteiger partial charge in [-0.15, -0.1) is 0 Å². The van der Waals surface area contributed by atoms with Gasteiger partial charge in [-0.2, -0.15) is 0 Å². The van der Waals surface area contributed by atoms with E-state index in [0.717, 1.165) is 68.9 Å². The molecule has 4 nitrogen and oxygen atoms in total. The maximum Gasteiger partial charge on any atom is 0.126 e. The molecule has 4 heterocycles. The van der Waals surface area contributed by atoms with Crippen LogP contribution in [0.15, 0.2) is 30.3 Å². The van der Waals surface area contributed by atoms with Crippen LogP contribution in [0.1, 0.15) is 35.4 Å². The van der Waals surface area contributed by atoms with Crippen LogP contribution in [0.4, 0.5) is 15.8 Å². The lowest BCUT2D eigenvalue weighted by molar-refractivity contribution is 0.191. The van der Waals surface area contributed by atoms with Gasteiger partial charge in [0.15, 0.2) is 0 Å². The fourth-order valence-corrected chi connectivity index (χ4v) is 6.24. The standard InChI is InChI=1S/C25H30FN3O/c1-27-13-14-29-22-9-12-28(16-20(22)19-4-2-6-23(27)25(19)29)11-3-5-17-18-10-15-30-24(18)8-7-21(17)26/h2,4,6-8,20,22H,3,5,9-16H2,1H3/t20-,22-/m0/s1. The number of anilines is 2. The van der Waals surface area contributed by atoms with Crippen molar-refractivity contribution in [1.82, 2.24) is 4.90 Å². The van der Waals surface area contributed by atoms with Crippen molar-refractivity contribution in [2.45, 2.75) is 37.6 Å². The van der Waals surface area contributed by atoms with Crippen LogP contribution in [0.2, 0.25) is 0 Å². The molecule has 1 fully saturated rings. The topological polar surface area (TPSA) is 19.0 Å². The number of halogens is 1. The number of hydrogen-bond donors (Lipinski definition) is 0. The Morgan fingerprint density at radius 3 is 3.00 bits per heavy atom. The zero-order chi connectivity index (χ0) is 20.2. The molecule has 158 valence electrons. The van der Waals surface area contributed by atoms with E-state index < -0.39 is 0 Å². The van der Waals surface area contributed by atoms with Crippen LogP contribution < -0.4 is 14.5 Å². The van der Waals surface area contributed by atoms with E-state index in [9.17, 15) is 4.39 Å². The number of nitrogens with zero attached hydrogens (tertiary/aromatic N) is 3. The molecule has 0 N–H and O–H groups in total. The normalized spacial score (nSPS) is 24.5. The van der Waals surface area contributed by atoms with Crippen molar-refractivity contribution >= 4 is 11.4 Å². The summed E-state index contributed by atoms with van der Waals surface area (Å²) < 4.78 is 20.1. The van der Waals surface area contributed by atoms with Crippen LogP contribution in [0.25, 0.3) is 0 Å². The lowest BCUT2D eigenvalue weighted by Crippen LogP contribution is -2.49. The van der Waals surface area contributed by atoms with E-state index in [1.165, 1.54) is 23.4 Å². The molecule has 2 atom stereocenters. The zero-order valence-electron chi connectivity index (χ0n) is 17.7. The van der Waals surface area contributed by atoms with E-state index in [1.807, 2.05) is 0 Å². The second-order valence-electron chi connectivity index (χ2n) is 9.30. The van der Waals surface area contributed by atoms with E-state index in [-0.39, 0.29) is 5.82 Å². The SMILES string of the molecule is CN1CCN2c3c(cccc31)[C@@H]1CN(CCCc3c(F)ccc4c3CCO4)CC[C@@H]12. The fraction of sp³-hybridized carbons (Fsp3) is 0.520. The summed E-state index contributed by atoms with van der Waals surface area (Å²) in [5.74, 6) is 1.43. The van der Waals surface area contributed by atoms with Gasteiger partial charge < -0.3 is 19.4 Å². The minimum absolute atomic E-state index is 0.0617. The Bertz CT molecular complexity index is 977. The maximum absolute atomic E-state index is 14.4. The first-order valence-corrected chi connectivity index (χ1v) is 11.5. The maximum atomic E-state index is 14.4. The van der Waals surface area contributed by atoms with Crippen molar-refractivity contribution < 1.29 is 9.13 Å². The van der Waals surface area contributed by atoms with Gasteiger partial charge in [0.05, 0.1) is 18.0 Å². The second kappa shape index (κ2) is 7.16. The van der Waals surface area contributed by atoms with Crippen molar-refractivity contribution in [3.05, 3.63) is 52.8 Å². The Labute approximate surface area is 178 Å². The van der Waals surface area contributed by atoms with Crippen molar-refractivity contribution in [3.8, 4) is 5.75 Å². The Hall–Kier alpha value is -2.27. The first-order valence-electron chi connectivity index (χ1n) is 11.5. The molecule has 6 rings (SSSR count). The first kappa shape index (κ1) is 18.5. The molecule has 0 spiro atoms. The third-order valence-electron chi connectivity index (χ3n) is 7.72. The van der Waals surface area contributed by atoms with Gasteiger partial charge in [0.1, 0.15) is 11.6 Å². The van der Waals surface area contributed by atoms with Gasteiger partial charge in [0.2, 0.25) is 0 Å². The highest BCUT2D eigenvalue weighted by atomic mass is 19.1. The molecule has 0 radical (unpaired) electrons. The predicted molar refractivity (Wildman–Crippen MR) is 119 cm³/mol. The van der Waals surface area contributed by atoms with Crippen LogP contribution in [-0.4, -0.2) is 57.3 Å². The molecule has 4 aliphatic rings. The number of fused-ring (bicyclic) bond motifs is 4. The summed E-state index contributed by atoms with van der Waals surface area (Å²) in [5.41, 5.74) is 6.41. The van der Waals surface area contributed by atoms with Crippen LogP contribution in [0.5, 0.6) is 5.75 Å². The van der Waals surface area contributed by atoms with Crippen molar-refractivity contribution in [1.29, 1.82) is 0 Å². The average molecular weight is 408 g/mol. The molecule has 2 aromatic carbocycles. The van der Waals surface area contributed by atoms with E-state index in [4.69, 9.17) is 4.74 Å². The highest BCUT2D eigenvalue weighted by molar-refractivity contribution is 5.80. The lowest BCUT2D eigenvalue weighted by Gasteiger charge is -2.41. The summed E-state index contributed by atoms with van der Waals surface area (Å²) in [6.07, 6.45) is 3.88. The van der Waals surface area contributed by atoms with Gasteiger partial charge in [0, 0.05) is 57.2 Å². The highest BCUT2D eigenvalue weighted by Gasteiger charge is 2.44. The van der Waals surface area contributed by atoms with Gasteiger partial charge in [-0.1, -0.05) is 12.1 Å². The molecule has 0 aromatic heterocycles. The Morgan fingerprint density at radius 1 is 1.13 bits per heavy atom. The number of piperidine rings is 1. The third-order valence-corrected chi connectivity index (χ3v) is 7.72. The van der Waals surface area contributed by atoms with Gasteiger partial charge in [-0.05, 0) is 55.1 Å². The molecular weight excluding hydrogens is 377 g/mol. The third kappa shape index (κ3) is 2.82. The number of hydrogen-bond acceptors (Lipinski definition) is 4. The summed E-state index contributed by atoms with van der Waals surface area (Å²) >= 11 is 0. The minimum atomic E-state index is -0.0617. The number of likely N-dealkylation sites (N-methyl/N-ethyl adjacent to an activating group) is 1. The Morgan fingerprint density at radius 2 is 2.07 bits per heavy atom. The number of rotatable bonds is 4. The second-order valence-corrected chi connectivity index (χ2v) is 9.30. The monoisotopic (exact) mass is 407 g/mol. The van der Waals surface area contributed by atoms with Crippen molar-refractivity contribution in [2.24, 2.45) is 0 Å². The van der Waals surface area contributed by atoms with Gasteiger partial charge in [0.25, 0.3) is 0 Å². The molecule has 4 aliphatic heterocycles. The number of ether oxygens (including phenoxy) is 1. The fourth-order valence-electron chi connectivity index (χ4n) is 6.24. The molecule has 0 saturated carbocycles. The molecule has 2 aromatic rings. The molecule has 0 aliphatic carbocycles.